The maximum absolute atomic E-state index is 12.7. The molecule has 30 heavy (non-hydrogen) atoms. The highest BCUT2D eigenvalue weighted by atomic mass is 32.2. The fraction of sp³-hybridized carbons (Fsp3) is 0.300. The summed E-state index contributed by atoms with van der Waals surface area (Å²) in [5.74, 6) is 0.196. The summed E-state index contributed by atoms with van der Waals surface area (Å²) in [4.78, 5) is 47.4. The van der Waals surface area contributed by atoms with E-state index < -0.39 is 0 Å². The zero-order chi connectivity index (χ0) is 21.1. The van der Waals surface area contributed by atoms with E-state index in [0.29, 0.717) is 48.1 Å². The van der Waals surface area contributed by atoms with Gasteiger partial charge in [-0.05, 0) is 22.9 Å². The number of hydrogen-bond donors (Lipinski definition) is 0. The average molecular weight is 461 g/mol. The number of fused-ring (bicyclic) bond motifs is 1. The predicted molar refractivity (Wildman–Crippen MR) is 122 cm³/mol. The van der Waals surface area contributed by atoms with Gasteiger partial charge in [0, 0.05) is 32.7 Å². The maximum atomic E-state index is 12.7. The van der Waals surface area contributed by atoms with E-state index in [1.807, 2.05) is 22.9 Å². The zero-order valence-electron chi connectivity index (χ0n) is 16.2. The van der Waals surface area contributed by atoms with Crippen molar-refractivity contribution in [1.82, 2.24) is 19.4 Å². The third kappa shape index (κ3) is 4.21. The van der Waals surface area contributed by atoms with Gasteiger partial charge in [-0.25, -0.2) is 4.98 Å². The number of nitrogens with zero attached hydrogens (tertiary/aromatic N) is 4. The summed E-state index contributed by atoms with van der Waals surface area (Å²) < 4.78 is 1.55. The van der Waals surface area contributed by atoms with Gasteiger partial charge < -0.3 is 9.80 Å². The lowest BCUT2D eigenvalue weighted by molar-refractivity contribution is -0.129. The molecule has 0 atom stereocenters. The topological polar surface area (TPSA) is 75.5 Å². The van der Waals surface area contributed by atoms with Gasteiger partial charge >= 0.3 is 0 Å². The van der Waals surface area contributed by atoms with Crippen molar-refractivity contribution in [2.24, 2.45) is 0 Å². The van der Waals surface area contributed by atoms with Gasteiger partial charge in [0.2, 0.25) is 5.91 Å². The number of aromatic nitrogens is 2. The molecular weight excluding hydrogens is 440 g/mol. The Morgan fingerprint density at radius 3 is 2.60 bits per heavy atom. The highest BCUT2D eigenvalue weighted by Crippen LogP contribution is 2.22. The van der Waals surface area contributed by atoms with Crippen molar-refractivity contribution < 1.29 is 9.59 Å². The van der Waals surface area contributed by atoms with Crippen LogP contribution in [0.15, 0.2) is 51.6 Å². The standard InChI is InChI=1S/C20H20N4O3S3/c1-2-6-24-18(26)14-5-12-29-17(14)21-20(24)30-13-16(25)22-7-9-23(10-8-22)19(27)15-4-3-11-28-15/h2-5,11-12H,1,6-10,13H2. The maximum Gasteiger partial charge on any atom is 0.264 e. The Kier molecular flexibility index (Phi) is 6.35. The fourth-order valence-corrected chi connectivity index (χ4v) is 5.67. The number of piperazine rings is 1. The molecule has 156 valence electrons. The summed E-state index contributed by atoms with van der Waals surface area (Å²) in [6.07, 6.45) is 1.65. The Morgan fingerprint density at radius 2 is 1.90 bits per heavy atom. The summed E-state index contributed by atoms with van der Waals surface area (Å²) in [6, 6.07) is 5.45. The Balaban J connectivity index is 1.38. The highest BCUT2D eigenvalue weighted by molar-refractivity contribution is 7.99. The van der Waals surface area contributed by atoms with Crippen LogP contribution < -0.4 is 5.56 Å². The molecule has 1 fully saturated rings. The summed E-state index contributed by atoms with van der Waals surface area (Å²) in [5, 5.41) is 4.84. The monoisotopic (exact) mass is 460 g/mol. The first-order valence-electron chi connectivity index (χ1n) is 9.41. The molecule has 0 aliphatic carbocycles. The number of thiophene rings is 2. The molecule has 10 heteroatoms. The second kappa shape index (κ2) is 9.15. The zero-order valence-corrected chi connectivity index (χ0v) is 18.6. The van der Waals surface area contributed by atoms with Gasteiger partial charge in [0.25, 0.3) is 11.5 Å². The molecule has 0 saturated carbocycles. The number of hydrogen-bond acceptors (Lipinski definition) is 7. The van der Waals surface area contributed by atoms with Crippen molar-refractivity contribution in [2.45, 2.75) is 11.7 Å². The number of rotatable bonds is 6. The number of allylic oxidation sites excluding steroid dienone is 1. The van der Waals surface area contributed by atoms with Gasteiger partial charge in [0.1, 0.15) is 4.83 Å². The predicted octanol–water partition coefficient (Wildman–Crippen LogP) is 2.78. The van der Waals surface area contributed by atoms with Crippen LogP contribution in [0.25, 0.3) is 10.2 Å². The Bertz CT molecular complexity index is 1130. The molecule has 1 saturated heterocycles. The van der Waals surface area contributed by atoms with Crippen molar-refractivity contribution in [3.63, 3.8) is 0 Å². The van der Waals surface area contributed by atoms with Crippen molar-refractivity contribution in [2.75, 3.05) is 31.9 Å². The van der Waals surface area contributed by atoms with Crippen molar-refractivity contribution in [3.05, 3.63) is 56.8 Å². The lowest BCUT2D eigenvalue weighted by Crippen LogP contribution is -2.51. The Morgan fingerprint density at radius 1 is 1.13 bits per heavy atom. The molecule has 0 spiro atoms. The van der Waals surface area contributed by atoms with Crippen LogP contribution in [0, 0.1) is 0 Å². The van der Waals surface area contributed by atoms with Crippen LogP contribution in [-0.2, 0) is 11.3 Å². The second-order valence-electron chi connectivity index (χ2n) is 6.68. The van der Waals surface area contributed by atoms with E-state index in [1.54, 1.807) is 26.5 Å². The van der Waals surface area contributed by atoms with Gasteiger partial charge in [-0.3, -0.25) is 19.0 Å². The van der Waals surface area contributed by atoms with E-state index in [-0.39, 0.29) is 23.1 Å². The Labute approximate surface area is 185 Å². The molecule has 7 nitrogen and oxygen atoms in total. The summed E-state index contributed by atoms with van der Waals surface area (Å²) in [5.41, 5.74) is -0.114. The molecule has 4 rings (SSSR count). The minimum Gasteiger partial charge on any atom is -0.338 e. The van der Waals surface area contributed by atoms with Crippen LogP contribution in [0.2, 0.25) is 0 Å². The highest BCUT2D eigenvalue weighted by Gasteiger charge is 2.25. The molecule has 0 N–H and O–H groups in total. The molecule has 3 aromatic heterocycles. The van der Waals surface area contributed by atoms with Crippen LogP contribution in [-0.4, -0.2) is 63.1 Å². The van der Waals surface area contributed by atoms with Crippen LogP contribution in [0.1, 0.15) is 9.67 Å². The molecule has 0 radical (unpaired) electrons. The molecule has 1 aliphatic rings. The van der Waals surface area contributed by atoms with Crippen molar-refractivity contribution in [3.8, 4) is 0 Å². The molecule has 1 aliphatic heterocycles. The van der Waals surface area contributed by atoms with E-state index in [9.17, 15) is 14.4 Å². The molecule has 0 bridgehead atoms. The minimum atomic E-state index is -0.114. The molecular formula is C20H20N4O3S3. The second-order valence-corrected chi connectivity index (χ2v) is 9.46. The summed E-state index contributed by atoms with van der Waals surface area (Å²) in [6.45, 7) is 6.12. The summed E-state index contributed by atoms with van der Waals surface area (Å²) in [7, 11) is 0. The SMILES string of the molecule is C=CCn1c(SCC(=O)N2CCN(C(=O)c3cccs3)CC2)nc2sccc2c1=O. The van der Waals surface area contributed by atoms with Crippen LogP contribution in [0.4, 0.5) is 0 Å². The van der Waals surface area contributed by atoms with E-state index in [4.69, 9.17) is 0 Å². The van der Waals surface area contributed by atoms with Crippen molar-refractivity contribution >= 4 is 56.5 Å². The van der Waals surface area contributed by atoms with Crippen molar-refractivity contribution in [1.29, 1.82) is 0 Å². The van der Waals surface area contributed by atoms with E-state index in [1.165, 1.54) is 34.4 Å². The van der Waals surface area contributed by atoms with E-state index >= 15 is 0 Å². The van der Waals surface area contributed by atoms with Gasteiger partial charge in [0.05, 0.1) is 16.0 Å². The van der Waals surface area contributed by atoms with E-state index in [0.717, 1.165) is 4.88 Å². The minimum absolute atomic E-state index is 0.0195. The van der Waals surface area contributed by atoms with Gasteiger partial charge in [-0.2, -0.15) is 0 Å². The third-order valence-corrected chi connectivity index (χ3v) is 7.46. The number of carbonyl (C=O) groups is 2. The fourth-order valence-electron chi connectivity index (χ4n) is 3.26. The number of amides is 2. The summed E-state index contributed by atoms with van der Waals surface area (Å²) >= 11 is 4.11. The molecule has 3 aromatic rings. The van der Waals surface area contributed by atoms with Crippen LogP contribution >= 0.6 is 34.4 Å². The first kappa shape index (κ1) is 20.8. The van der Waals surface area contributed by atoms with Crippen LogP contribution in [0.5, 0.6) is 0 Å². The van der Waals surface area contributed by atoms with E-state index in [2.05, 4.69) is 11.6 Å². The first-order valence-corrected chi connectivity index (χ1v) is 12.1. The quantitative estimate of drug-likeness (QED) is 0.321. The lowest BCUT2D eigenvalue weighted by Gasteiger charge is -2.34. The van der Waals surface area contributed by atoms with Crippen LogP contribution in [0.3, 0.4) is 0 Å². The molecule has 0 unspecified atom stereocenters. The molecule has 2 amide bonds. The first-order chi connectivity index (χ1) is 14.6. The average Bonchev–Trinajstić information content (AvgIpc) is 3.46. The normalized spacial score (nSPS) is 14.3. The number of thioether (sulfide) groups is 1. The molecule has 0 aromatic carbocycles. The lowest BCUT2D eigenvalue weighted by atomic mass is 10.3. The third-order valence-electron chi connectivity index (χ3n) is 4.84. The Hall–Kier alpha value is -2.43. The largest absolute Gasteiger partial charge is 0.338 e. The van der Waals surface area contributed by atoms with Gasteiger partial charge in [0.15, 0.2) is 5.16 Å². The number of carbonyl (C=O) groups excluding carboxylic acids is 2. The molecule has 4 heterocycles. The van der Waals surface area contributed by atoms with Gasteiger partial charge in [-0.1, -0.05) is 23.9 Å². The van der Waals surface area contributed by atoms with Gasteiger partial charge in [-0.15, -0.1) is 29.3 Å². The smallest absolute Gasteiger partial charge is 0.264 e.